The van der Waals surface area contributed by atoms with Crippen molar-refractivity contribution in [2.45, 2.75) is 34.2 Å². The smallest absolute Gasteiger partial charge is 0.330 e. The van der Waals surface area contributed by atoms with Crippen LogP contribution >= 0.6 is 11.3 Å². The maximum absolute atomic E-state index is 13.2. The van der Waals surface area contributed by atoms with Crippen molar-refractivity contribution < 1.29 is 9.53 Å². The van der Waals surface area contributed by atoms with Crippen molar-refractivity contribution in [3.63, 3.8) is 0 Å². The van der Waals surface area contributed by atoms with Gasteiger partial charge in [0.25, 0.3) is 11.5 Å². The quantitative estimate of drug-likeness (QED) is 0.743. The number of nitrogens with zero attached hydrogens (tertiary/aromatic N) is 2. The molecule has 27 heavy (non-hydrogen) atoms. The Bertz CT molecular complexity index is 942. The van der Waals surface area contributed by atoms with E-state index in [0.29, 0.717) is 12.1 Å². The molecule has 0 fully saturated rings. The molecule has 3 N–H and O–H groups in total. The number of amides is 1. The van der Waals surface area contributed by atoms with E-state index in [1.807, 2.05) is 27.7 Å². The fourth-order valence-electron chi connectivity index (χ4n) is 2.87. The lowest BCUT2D eigenvalue weighted by molar-refractivity contribution is 0.0975. The van der Waals surface area contributed by atoms with Crippen LogP contribution in [0.4, 0.5) is 11.5 Å². The topological polar surface area (TPSA) is 110 Å². The molecule has 9 heteroatoms. The molecule has 0 saturated carbocycles. The molecule has 0 saturated heterocycles. The third-order valence-corrected chi connectivity index (χ3v) is 5.03. The Morgan fingerprint density at radius 3 is 2.56 bits per heavy atom. The molecule has 2 aromatic rings. The van der Waals surface area contributed by atoms with Gasteiger partial charge in [0.05, 0.1) is 12.2 Å². The van der Waals surface area contributed by atoms with Gasteiger partial charge in [0.1, 0.15) is 5.82 Å². The number of methoxy groups -OCH3 is 1. The highest BCUT2D eigenvalue weighted by Crippen LogP contribution is 2.25. The molecule has 0 atom stereocenters. The first-order chi connectivity index (χ1) is 12.7. The number of nitrogens with one attached hydrogen (secondary N) is 1. The standard InChI is InChI=1S/C18H26N4O4S/c1-10(2)9-22-15(19)14(16(23)20-18(22)25)21(6-7-26-5)17(24)13-8-11(3)27-12(13)4/h8,10H,6-7,9,19H2,1-5H3,(H,20,23,25). The van der Waals surface area contributed by atoms with Gasteiger partial charge in [-0.25, -0.2) is 4.79 Å². The molecule has 0 spiro atoms. The van der Waals surface area contributed by atoms with E-state index in [2.05, 4.69) is 4.98 Å². The highest BCUT2D eigenvalue weighted by molar-refractivity contribution is 7.12. The minimum atomic E-state index is -0.688. The Kier molecular flexibility index (Phi) is 6.61. The van der Waals surface area contributed by atoms with Crippen molar-refractivity contribution in [1.82, 2.24) is 9.55 Å². The minimum absolute atomic E-state index is 0.0218. The summed E-state index contributed by atoms with van der Waals surface area (Å²) in [6, 6.07) is 1.79. The Labute approximate surface area is 161 Å². The predicted octanol–water partition coefficient (Wildman–Crippen LogP) is 1.75. The van der Waals surface area contributed by atoms with Gasteiger partial charge < -0.3 is 10.5 Å². The predicted molar refractivity (Wildman–Crippen MR) is 108 cm³/mol. The zero-order chi connectivity index (χ0) is 20.3. The van der Waals surface area contributed by atoms with Crippen molar-refractivity contribution in [3.8, 4) is 0 Å². The van der Waals surface area contributed by atoms with Crippen LogP contribution in [0.3, 0.4) is 0 Å². The first kappa shape index (κ1) is 20.9. The molecule has 8 nitrogen and oxygen atoms in total. The molecule has 1 amide bonds. The molecule has 0 aromatic carbocycles. The van der Waals surface area contributed by atoms with Crippen molar-refractivity contribution in [3.05, 3.63) is 42.2 Å². The number of carbonyl (C=O) groups excluding carboxylic acids is 1. The van der Waals surface area contributed by atoms with Crippen LogP contribution in [-0.4, -0.2) is 35.7 Å². The molecular weight excluding hydrogens is 368 g/mol. The van der Waals surface area contributed by atoms with E-state index in [0.717, 1.165) is 9.75 Å². The van der Waals surface area contributed by atoms with Crippen LogP contribution in [0.2, 0.25) is 0 Å². The van der Waals surface area contributed by atoms with Gasteiger partial charge in [-0.15, -0.1) is 11.3 Å². The molecule has 0 aliphatic rings. The molecule has 148 valence electrons. The van der Waals surface area contributed by atoms with E-state index in [4.69, 9.17) is 10.5 Å². The number of aryl methyl sites for hydroxylation is 2. The summed E-state index contributed by atoms with van der Waals surface area (Å²) >= 11 is 1.51. The number of nitrogen functional groups attached to an aromatic ring is 1. The number of thiophene rings is 1. The number of aromatic nitrogens is 2. The van der Waals surface area contributed by atoms with Crippen molar-refractivity contribution in [2.75, 3.05) is 30.9 Å². The number of aromatic amines is 1. The Morgan fingerprint density at radius 2 is 2.04 bits per heavy atom. The minimum Gasteiger partial charge on any atom is -0.383 e. The van der Waals surface area contributed by atoms with E-state index in [9.17, 15) is 14.4 Å². The number of H-pyrrole nitrogens is 1. The van der Waals surface area contributed by atoms with E-state index >= 15 is 0 Å². The average molecular weight is 394 g/mol. The van der Waals surface area contributed by atoms with Crippen LogP contribution in [0, 0.1) is 19.8 Å². The number of hydrogen-bond acceptors (Lipinski definition) is 6. The number of anilines is 2. The van der Waals surface area contributed by atoms with Gasteiger partial charge in [-0.1, -0.05) is 13.8 Å². The number of rotatable bonds is 7. The van der Waals surface area contributed by atoms with Crippen LogP contribution in [0.25, 0.3) is 0 Å². The van der Waals surface area contributed by atoms with Crippen molar-refractivity contribution >= 4 is 28.7 Å². The molecule has 0 bridgehead atoms. The van der Waals surface area contributed by atoms with Gasteiger partial charge in [0.2, 0.25) is 0 Å². The zero-order valence-electron chi connectivity index (χ0n) is 16.3. The third-order valence-electron chi connectivity index (χ3n) is 4.07. The normalized spacial score (nSPS) is 11.2. The molecule has 0 aliphatic heterocycles. The van der Waals surface area contributed by atoms with Gasteiger partial charge in [-0.2, -0.15) is 0 Å². The number of ether oxygens (including phenoxy) is 1. The van der Waals surface area contributed by atoms with Gasteiger partial charge in [0.15, 0.2) is 5.69 Å². The lowest BCUT2D eigenvalue weighted by atomic mass is 10.2. The van der Waals surface area contributed by atoms with Crippen molar-refractivity contribution in [1.29, 1.82) is 0 Å². The number of carbonyl (C=O) groups is 1. The molecule has 2 rings (SSSR count). The second-order valence-corrected chi connectivity index (χ2v) is 8.23. The van der Waals surface area contributed by atoms with Gasteiger partial charge in [-0.05, 0) is 25.8 Å². The van der Waals surface area contributed by atoms with Gasteiger partial charge >= 0.3 is 5.69 Å². The van der Waals surface area contributed by atoms with Crippen LogP contribution in [0.1, 0.15) is 34.0 Å². The van der Waals surface area contributed by atoms with E-state index in [1.54, 1.807) is 6.07 Å². The zero-order valence-corrected chi connectivity index (χ0v) is 17.1. The largest absolute Gasteiger partial charge is 0.383 e. The summed E-state index contributed by atoms with van der Waals surface area (Å²) < 4.78 is 6.39. The summed E-state index contributed by atoms with van der Waals surface area (Å²) in [5.41, 5.74) is 5.38. The molecule has 2 heterocycles. The maximum Gasteiger partial charge on any atom is 0.330 e. The Morgan fingerprint density at radius 1 is 1.37 bits per heavy atom. The molecule has 2 aromatic heterocycles. The lowest BCUT2D eigenvalue weighted by Gasteiger charge is -2.24. The van der Waals surface area contributed by atoms with Crippen LogP contribution < -0.4 is 21.9 Å². The second kappa shape index (κ2) is 8.53. The first-order valence-corrected chi connectivity index (χ1v) is 9.49. The fraction of sp³-hybridized carbons (Fsp3) is 0.500. The van der Waals surface area contributed by atoms with Crippen LogP contribution in [0.5, 0.6) is 0 Å². The SMILES string of the molecule is COCCN(C(=O)c1cc(C)sc1C)c1c(N)n(CC(C)C)c(=O)[nH]c1=O. The first-order valence-electron chi connectivity index (χ1n) is 8.67. The van der Waals surface area contributed by atoms with Gasteiger partial charge in [-0.3, -0.25) is 24.0 Å². The molecule has 0 radical (unpaired) electrons. The Balaban J connectivity index is 2.63. The van der Waals surface area contributed by atoms with E-state index in [1.165, 1.54) is 27.9 Å². The number of hydrogen-bond donors (Lipinski definition) is 2. The Hall–Kier alpha value is -2.39. The molecule has 0 aliphatic carbocycles. The summed E-state index contributed by atoms with van der Waals surface area (Å²) in [6.07, 6.45) is 0. The van der Waals surface area contributed by atoms with Gasteiger partial charge in [0, 0.05) is 30.0 Å². The lowest BCUT2D eigenvalue weighted by Crippen LogP contribution is -2.43. The summed E-state index contributed by atoms with van der Waals surface area (Å²) in [7, 11) is 1.51. The summed E-state index contributed by atoms with van der Waals surface area (Å²) in [5.74, 6) is -0.235. The maximum atomic E-state index is 13.2. The van der Waals surface area contributed by atoms with Crippen molar-refractivity contribution in [2.24, 2.45) is 5.92 Å². The number of nitrogens with two attached hydrogens (primary N) is 1. The summed E-state index contributed by atoms with van der Waals surface area (Å²) in [4.78, 5) is 43.3. The average Bonchev–Trinajstić information content (AvgIpc) is 2.92. The summed E-state index contributed by atoms with van der Waals surface area (Å²) in [6.45, 7) is 8.32. The third kappa shape index (κ3) is 4.48. The second-order valence-electron chi connectivity index (χ2n) is 6.77. The van der Waals surface area contributed by atoms with E-state index in [-0.39, 0.29) is 36.5 Å². The van der Waals surface area contributed by atoms with Crippen LogP contribution in [-0.2, 0) is 11.3 Å². The summed E-state index contributed by atoms with van der Waals surface area (Å²) in [5, 5.41) is 0. The highest BCUT2D eigenvalue weighted by atomic mass is 32.1. The fourth-order valence-corrected chi connectivity index (χ4v) is 3.79. The molecule has 0 unspecified atom stereocenters. The highest BCUT2D eigenvalue weighted by Gasteiger charge is 2.27. The molecular formula is C18H26N4O4S. The van der Waals surface area contributed by atoms with E-state index < -0.39 is 11.2 Å². The van der Waals surface area contributed by atoms with Crippen LogP contribution in [0.15, 0.2) is 15.7 Å². The monoisotopic (exact) mass is 394 g/mol.